The lowest BCUT2D eigenvalue weighted by Crippen LogP contribution is -2.53. The number of rotatable bonds is 8. The Morgan fingerprint density at radius 3 is 2.79 bits per heavy atom. The second-order valence-electron chi connectivity index (χ2n) is 7.95. The summed E-state index contributed by atoms with van der Waals surface area (Å²) in [5, 5.41) is 6.09. The smallest absolute Gasteiger partial charge is 0.132 e. The second kappa shape index (κ2) is 10.5. The predicted molar refractivity (Wildman–Crippen MR) is 123 cm³/mol. The Balaban J connectivity index is 1.60. The molecule has 4 nitrogen and oxygen atoms in total. The van der Waals surface area contributed by atoms with Crippen molar-refractivity contribution in [1.82, 2.24) is 10.2 Å². The molecule has 0 aromatic heterocycles. The number of carbonyl (C=O) groups excluding carboxylic acids is 1. The summed E-state index contributed by atoms with van der Waals surface area (Å²) < 4.78 is 0. The molecule has 1 unspecified atom stereocenters. The lowest BCUT2D eigenvalue weighted by Gasteiger charge is -2.33. The lowest BCUT2D eigenvalue weighted by atomic mass is 10.0. The first-order valence-electron chi connectivity index (χ1n) is 10.7. The maximum Gasteiger partial charge on any atom is 0.132 e. The van der Waals surface area contributed by atoms with E-state index in [-0.39, 0.29) is 6.04 Å². The summed E-state index contributed by atoms with van der Waals surface area (Å²) in [6.07, 6.45) is 4.29. The summed E-state index contributed by atoms with van der Waals surface area (Å²) in [6.45, 7) is 10.1. The Labute approximate surface area is 174 Å². The van der Waals surface area contributed by atoms with Crippen molar-refractivity contribution in [3.63, 3.8) is 0 Å². The van der Waals surface area contributed by atoms with E-state index in [0.717, 1.165) is 38.3 Å². The summed E-state index contributed by atoms with van der Waals surface area (Å²) in [6, 6.07) is 15.3. The van der Waals surface area contributed by atoms with Crippen LogP contribution in [0.4, 0.5) is 0 Å². The van der Waals surface area contributed by atoms with Crippen LogP contribution in [0, 0.1) is 0 Å². The molecule has 0 amide bonds. The number of allylic oxidation sites excluding steroid dienone is 1. The van der Waals surface area contributed by atoms with Crippen molar-refractivity contribution >= 4 is 27.8 Å². The Morgan fingerprint density at radius 2 is 2.00 bits per heavy atom. The minimum Gasteiger partial charge on any atom is -0.307 e. The number of fused-ring (bicyclic) bond motifs is 1. The fourth-order valence-electron chi connectivity index (χ4n) is 3.77. The number of hydrogen-bond donors (Lipinski definition) is 1. The normalized spacial score (nSPS) is 18.9. The number of aliphatic imine (C=N–C) groups is 1. The van der Waals surface area contributed by atoms with Crippen molar-refractivity contribution in [3.05, 3.63) is 54.2 Å². The molecule has 1 N–H and O–H groups in total. The van der Waals surface area contributed by atoms with Crippen LogP contribution in [-0.4, -0.2) is 48.6 Å². The van der Waals surface area contributed by atoms with Crippen LogP contribution in [0.25, 0.3) is 16.3 Å². The van der Waals surface area contributed by atoms with Gasteiger partial charge >= 0.3 is 0 Å². The van der Waals surface area contributed by atoms with Gasteiger partial charge in [-0.15, -0.1) is 0 Å². The molecule has 1 fully saturated rings. The van der Waals surface area contributed by atoms with E-state index in [4.69, 9.17) is 4.99 Å². The first-order chi connectivity index (χ1) is 14.1. The number of carbonyl (C=O) groups is 1. The van der Waals surface area contributed by atoms with Gasteiger partial charge in [-0.3, -0.25) is 9.79 Å². The van der Waals surface area contributed by atoms with Gasteiger partial charge in [0.2, 0.25) is 0 Å². The molecule has 2 aromatic carbocycles. The van der Waals surface area contributed by atoms with Gasteiger partial charge in [-0.1, -0.05) is 43.3 Å². The van der Waals surface area contributed by atoms with Gasteiger partial charge in [-0.05, 0) is 54.8 Å². The fourth-order valence-corrected chi connectivity index (χ4v) is 3.77. The maximum atomic E-state index is 11.5. The molecule has 4 heteroatoms. The molecule has 0 saturated carbocycles. The van der Waals surface area contributed by atoms with E-state index in [9.17, 15) is 4.79 Å². The summed E-state index contributed by atoms with van der Waals surface area (Å²) in [7, 11) is 0. The molecule has 0 radical (unpaired) electrons. The number of piperazine rings is 1. The van der Waals surface area contributed by atoms with Gasteiger partial charge in [0, 0.05) is 44.4 Å². The fraction of sp³-hybridized carbons (Fsp3) is 0.440. The van der Waals surface area contributed by atoms with Crippen LogP contribution >= 0.6 is 0 Å². The average Bonchev–Trinajstić information content (AvgIpc) is 2.76. The zero-order valence-corrected chi connectivity index (χ0v) is 17.9. The number of hydrogen-bond acceptors (Lipinski definition) is 4. The quantitative estimate of drug-likeness (QED) is 0.664. The molecule has 0 spiro atoms. The van der Waals surface area contributed by atoms with Crippen LogP contribution < -0.4 is 5.32 Å². The molecule has 29 heavy (non-hydrogen) atoms. The summed E-state index contributed by atoms with van der Waals surface area (Å²) >= 11 is 0. The Hall–Kier alpha value is -2.30. The van der Waals surface area contributed by atoms with E-state index in [1.54, 1.807) is 0 Å². The highest BCUT2D eigenvalue weighted by molar-refractivity contribution is 5.89. The van der Waals surface area contributed by atoms with Gasteiger partial charge in [0.05, 0.1) is 6.04 Å². The van der Waals surface area contributed by atoms with Crippen molar-refractivity contribution in [2.75, 3.05) is 26.2 Å². The number of ketones is 1. The molecular formula is C25H33N3O. The first-order valence-corrected chi connectivity index (χ1v) is 10.7. The van der Waals surface area contributed by atoms with Crippen LogP contribution in [0.2, 0.25) is 0 Å². The largest absolute Gasteiger partial charge is 0.307 e. The average molecular weight is 392 g/mol. The molecule has 1 saturated heterocycles. The van der Waals surface area contributed by atoms with Gasteiger partial charge in [0.15, 0.2) is 0 Å². The van der Waals surface area contributed by atoms with Gasteiger partial charge in [-0.25, -0.2) is 0 Å². The first kappa shape index (κ1) is 21.4. The van der Waals surface area contributed by atoms with E-state index in [1.807, 2.05) is 13.1 Å². The van der Waals surface area contributed by atoms with E-state index in [2.05, 4.69) is 66.5 Å². The van der Waals surface area contributed by atoms with Crippen LogP contribution in [0.1, 0.15) is 45.6 Å². The highest BCUT2D eigenvalue weighted by Gasteiger charge is 2.21. The van der Waals surface area contributed by atoms with Gasteiger partial charge < -0.3 is 10.2 Å². The summed E-state index contributed by atoms with van der Waals surface area (Å²) in [5.41, 5.74) is 3.49. The predicted octanol–water partition coefficient (Wildman–Crippen LogP) is 4.69. The van der Waals surface area contributed by atoms with E-state index in [1.165, 1.54) is 21.9 Å². The third-order valence-corrected chi connectivity index (χ3v) is 5.75. The van der Waals surface area contributed by atoms with Gasteiger partial charge in [-0.2, -0.15) is 0 Å². The minimum atomic E-state index is 0.270. The van der Waals surface area contributed by atoms with Crippen LogP contribution in [-0.2, 0) is 4.79 Å². The number of nitrogens with one attached hydrogen (secondary N) is 1. The number of benzene rings is 2. The number of Topliss-reactive ketones (excluding diaryl/α,β-unsaturated/α-hetero) is 1. The molecule has 1 aliphatic rings. The monoisotopic (exact) mass is 391 g/mol. The van der Waals surface area contributed by atoms with Crippen LogP contribution in [0.3, 0.4) is 0 Å². The van der Waals surface area contributed by atoms with E-state index in [0.29, 0.717) is 18.6 Å². The molecular weight excluding hydrogens is 358 g/mol. The molecule has 0 aliphatic carbocycles. The molecule has 1 heterocycles. The molecule has 1 atom stereocenters. The maximum absolute atomic E-state index is 11.5. The zero-order chi connectivity index (χ0) is 20.6. The van der Waals surface area contributed by atoms with Crippen LogP contribution in [0.15, 0.2) is 53.7 Å². The molecule has 2 aromatic rings. The third kappa shape index (κ3) is 6.09. The highest BCUT2D eigenvalue weighted by Crippen LogP contribution is 2.21. The Morgan fingerprint density at radius 1 is 1.21 bits per heavy atom. The lowest BCUT2D eigenvalue weighted by molar-refractivity contribution is -0.118. The standard InChI is InChI=1S/C25H33N3O/c1-4-24(29)10-7-14-28-15-13-26-25(18-28)20(3)27-17-19(2)22-12-11-21-8-5-6-9-23(21)16-22/h5-6,8-9,11-12,16-17,25-26H,4,7,10,13-15,18H2,1-3H3/b19-17+,27-20?. The van der Waals surface area contributed by atoms with E-state index >= 15 is 0 Å². The molecule has 154 valence electrons. The second-order valence-corrected chi connectivity index (χ2v) is 7.95. The van der Waals surface area contributed by atoms with Crippen molar-refractivity contribution in [2.45, 2.75) is 46.1 Å². The summed E-state index contributed by atoms with van der Waals surface area (Å²) in [4.78, 5) is 18.7. The van der Waals surface area contributed by atoms with Crippen LogP contribution in [0.5, 0.6) is 0 Å². The molecule has 0 bridgehead atoms. The minimum absolute atomic E-state index is 0.270. The molecule has 3 rings (SSSR count). The van der Waals surface area contributed by atoms with E-state index < -0.39 is 0 Å². The molecule has 1 aliphatic heterocycles. The third-order valence-electron chi connectivity index (χ3n) is 5.75. The van der Waals surface area contributed by atoms with Crippen molar-refractivity contribution < 1.29 is 4.79 Å². The van der Waals surface area contributed by atoms with Crippen molar-refractivity contribution in [2.24, 2.45) is 4.99 Å². The number of nitrogens with zero attached hydrogens (tertiary/aromatic N) is 2. The topological polar surface area (TPSA) is 44.7 Å². The summed E-state index contributed by atoms with van der Waals surface area (Å²) in [5.74, 6) is 0.365. The Bertz CT molecular complexity index is 900. The van der Waals surface area contributed by atoms with Gasteiger partial charge in [0.1, 0.15) is 5.78 Å². The highest BCUT2D eigenvalue weighted by atomic mass is 16.1. The van der Waals surface area contributed by atoms with Gasteiger partial charge in [0.25, 0.3) is 0 Å². The van der Waals surface area contributed by atoms with Crippen molar-refractivity contribution in [1.29, 1.82) is 0 Å². The SMILES string of the molecule is CCC(=O)CCCN1CCNC(C(C)=N/C=C(\C)c2ccc3ccccc3c2)C1. The zero-order valence-electron chi connectivity index (χ0n) is 17.9. The Kier molecular flexibility index (Phi) is 7.73. The van der Waals surface area contributed by atoms with Crippen molar-refractivity contribution in [3.8, 4) is 0 Å².